The summed E-state index contributed by atoms with van der Waals surface area (Å²) in [6, 6.07) is 10.3. The molecule has 62 heavy (non-hydrogen) atoms. The summed E-state index contributed by atoms with van der Waals surface area (Å²) < 4.78 is 0. The second-order valence-electron chi connectivity index (χ2n) is 16.4. The number of benzene rings is 2. The molecule has 2 aromatic carbocycles. The van der Waals surface area contributed by atoms with Gasteiger partial charge in [0.05, 0.1) is 6.04 Å². The zero-order valence-corrected chi connectivity index (χ0v) is 35.2. The van der Waals surface area contributed by atoms with E-state index in [4.69, 9.17) is 22.9 Å². The van der Waals surface area contributed by atoms with Crippen molar-refractivity contribution in [3.63, 3.8) is 0 Å². The summed E-state index contributed by atoms with van der Waals surface area (Å²) >= 11 is 0. The Kier molecular flexibility index (Phi) is 17.7. The number of para-hydroxylation sites is 1. The number of carboxylic acids is 1. The van der Waals surface area contributed by atoms with Crippen LogP contribution in [0.3, 0.4) is 0 Å². The van der Waals surface area contributed by atoms with Crippen LogP contribution in [0.15, 0.2) is 65.8 Å². The molecule has 2 fully saturated rings. The molecule has 0 spiro atoms. The van der Waals surface area contributed by atoms with Crippen molar-refractivity contribution in [3.05, 3.63) is 71.9 Å². The number of fused-ring (bicyclic) bond motifs is 1. The molecular formula is C44H63N11O7. The standard InChI is InChI=1S/C44H63N11O7/c45-20-19-33(51-38(56)31(46)23-27-11-3-1-4-12-27)42(60)55-22-10-18-37(55)41(59)54-35(24-28-13-5-2-6-14-28)39(57)53-36(25-29-26-50-32-16-8-7-15-30(29)32)40(58)52-34(43(61)62)17-9-21-49-44(47)48/h1,3-4,7-8,11-12,15-16,26,28,31,33-37,50H,2,5-6,9-10,13-14,17-25,45-46H2,(H,51,56)(H,52,58)(H,53,57)(H,54,59)(H,61,62)(H4,47,48,49)/t31-,33-,34+,35+,36-,37-/m0/s1. The van der Waals surface area contributed by atoms with Gasteiger partial charge in [0.25, 0.3) is 0 Å². The number of nitrogens with zero attached hydrogens (tertiary/aromatic N) is 2. The second kappa shape index (κ2) is 23.3. The Morgan fingerprint density at radius 3 is 2.16 bits per heavy atom. The highest BCUT2D eigenvalue weighted by molar-refractivity contribution is 5.97. The van der Waals surface area contributed by atoms with Crippen LogP contribution in [0, 0.1) is 5.92 Å². The fraction of sp³-hybridized carbons (Fsp3) is 0.523. The predicted octanol–water partition coefficient (Wildman–Crippen LogP) is 0.668. The molecule has 6 atom stereocenters. The quantitative estimate of drug-likeness (QED) is 0.0381. The van der Waals surface area contributed by atoms with E-state index >= 15 is 0 Å². The molecule has 18 nitrogen and oxygen atoms in total. The fourth-order valence-corrected chi connectivity index (χ4v) is 8.46. The average Bonchev–Trinajstić information content (AvgIpc) is 3.92. The number of hydrogen-bond donors (Lipinski definition) is 10. The number of carbonyl (C=O) groups is 6. The van der Waals surface area contributed by atoms with Crippen LogP contribution in [0.4, 0.5) is 0 Å². The number of nitrogens with one attached hydrogen (secondary N) is 5. The first-order valence-electron chi connectivity index (χ1n) is 21.7. The van der Waals surface area contributed by atoms with Crippen molar-refractivity contribution in [3.8, 4) is 0 Å². The summed E-state index contributed by atoms with van der Waals surface area (Å²) in [5, 5.41) is 22.0. The molecule has 1 aliphatic heterocycles. The van der Waals surface area contributed by atoms with Gasteiger partial charge in [0, 0.05) is 36.6 Å². The monoisotopic (exact) mass is 857 g/mol. The van der Waals surface area contributed by atoms with Crippen molar-refractivity contribution in [1.82, 2.24) is 31.2 Å². The first-order valence-corrected chi connectivity index (χ1v) is 21.7. The van der Waals surface area contributed by atoms with Gasteiger partial charge in [0.1, 0.15) is 30.2 Å². The summed E-state index contributed by atoms with van der Waals surface area (Å²) in [6.07, 6.45) is 8.34. The maximum Gasteiger partial charge on any atom is 0.326 e. The Hall–Kier alpha value is -6.01. The lowest BCUT2D eigenvalue weighted by atomic mass is 9.84. The van der Waals surface area contributed by atoms with Gasteiger partial charge in [0.15, 0.2) is 5.96 Å². The molecule has 1 saturated heterocycles. The van der Waals surface area contributed by atoms with Crippen LogP contribution in [0.5, 0.6) is 0 Å². The minimum absolute atomic E-state index is 0.0141. The molecular weight excluding hydrogens is 795 g/mol. The Labute approximate surface area is 361 Å². The zero-order valence-electron chi connectivity index (χ0n) is 35.2. The lowest BCUT2D eigenvalue weighted by molar-refractivity contribution is -0.143. The topological polar surface area (TPSA) is 306 Å². The minimum atomic E-state index is -1.30. The number of hydrogen-bond acceptors (Lipinski definition) is 9. The summed E-state index contributed by atoms with van der Waals surface area (Å²) in [5.74, 6) is -4.13. The van der Waals surface area contributed by atoms with Crippen LogP contribution in [0.1, 0.15) is 81.8 Å². The third-order valence-electron chi connectivity index (χ3n) is 11.8. The zero-order chi connectivity index (χ0) is 44.6. The number of H-pyrrole nitrogens is 1. The SMILES string of the molecule is NCC[C@H](NC(=O)[C@@H](N)Cc1ccccc1)C(=O)N1CCC[C@H]1C(=O)N[C@H](CC1CCCCC1)C(=O)N[C@@H](Cc1c[nH]c2ccccc12)C(=O)N[C@H](CCCN=C(N)N)C(=O)O. The van der Waals surface area contributed by atoms with Crippen molar-refractivity contribution in [2.75, 3.05) is 19.6 Å². The number of rotatable bonds is 22. The largest absolute Gasteiger partial charge is 0.480 e. The smallest absolute Gasteiger partial charge is 0.326 e. The number of aromatic nitrogens is 1. The van der Waals surface area contributed by atoms with E-state index in [-0.39, 0.29) is 63.6 Å². The lowest BCUT2D eigenvalue weighted by Crippen LogP contribution is -2.59. The number of amides is 5. The number of likely N-dealkylation sites (tertiary alicyclic amines) is 1. The molecule has 336 valence electrons. The second-order valence-corrected chi connectivity index (χ2v) is 16.4. The van der Waals surface area contributed by atoms with E-state index in [2.05, 4.69) is 31.2 Å². The maximum atomic E-state index is 14.5. The van der Waals surface area contributed by atoms with Gasteiger partial charge in [-0.05, 0) is 74.6 Å². The number of aromatic amines is 1. The number of aliphatic imine (C=N–C) groups is 1. The lowest BCUT2D eigenvalue weighted by Gasteiger charge is -2.32. The molecule has 0 radical (unpaired) electrons. The molecule has 2 heterocycles. The van der Waals surface area contributed by atoms with Crippen molar-refractivity contribution in [2.45, 2.75) is 120 Å². The minimum Gasteiger partial charge on any atom is -0.480 e. The van der Waals surface area contributed by atoms with Gasteiger partial charge in [-0.1, -0.05) is 80.6 Å². The first-order chi connectivity index (χ1) is 29.8. The van der Waals surface area contributed by atoms with Crippen molar-refractivity contribution in [1.29, 1.82) is 0 Å². The third-order valence-corrected chi connectivity index (χ3v) is 11.8. The van der Waals surface area contributed by atoms with E-state index in [9.17, 15) is 33.9 Å². The van der Waals surface area contributed by atoms with E-state index in [1.807, 2.05) is 54.6 Å². The highest BCUT2D eigenvalue weighted by atomic mass is 16.4. The van der Waals surface area contributed by atoms with Crippen LogP contribution in [-0.2, 0) is 41.6 Å². The number of nitrogens with two attached hydrogens (primary N) is 4. The van der Waals surface area contributed by atoms with Gasteiger partial charge in [0.2, 0.25) is 29.5 Å². The third kappa shape index (κ3) is 13.5. The highest BCUT2D eigenvalue weighted by Gasteiger charge is 2.40. The van der Waals surface area contributed by atoms with E-state index in [1.165, 1.54) is 4.90 Å². The Morgan fingerprint density at radius 2 is 1.45 bits per heavy atom. The van der Waals surface area contributed by atoms with Gasteiger partial charge in [-0.2, -0.15) is 0 Å². The molecule has 0 unspecified atom stereocenters. The fourth-order valence-electron chi connectivity index (χ4n) is 8.46. The predicted molar refractivity (Wildman–Crippen MR) is 235 cm³/mol. The van der Waals surface area contributed by atoms with Crippen molar-refractivity contribution < 1.29 is 33.9 Å². The summed E-state index contributed by atoms with van der Waals surface area (Å²) in [4.78, 5) is 90.8. The van der Waals surface area contributed by atoms with Gasteiger partial charge >= 0.3 is 5.97 Å². The van der Waals surface area contributed by atoms with Crippen molar-refractivity contribution >= 4 is 52.4 Å². The molecule has 3 aromatic rings. The Morgan fingerprint density at radius 1 is 0.774 bits per heavy atom. The molecule has 1 saturated carbocycles. The molecule has 1 aromatic heterocycles. The van der Waals surface area contributed by atoms with Gasteiger partial charge in [-0.15, -0.1) is 0 Å². The normalized spacial score (nSPS) is 17.8. The van der Waals surface area contributed by atoms with E-state index in [0.717, 1.165) is 48.6 Å². The first kappa shape index (κ1) is 47.0. The van der Waals surface area contributed by atoms with Gasteiger partial charge in [-0.3, -0.25) is 29.0 Å². The molecule has 5 rings (SSSR count). The molecule has 14 N–H and O–H groups in total. The molecule has 1 aliphatic carbocycles. The van der Waals surface area contributed by atoms with Gasteiger partial charge in [-0.25, -0.2) is 4.79 Å². The Bertz CT molecular complexity index is 2020. The van der Waals surface area contributed by atoms with Crippen LogP contribution in [0.2, 0.25) is 0 Å². The Balaban J connectivity index is 1.33. The molecule has 18 heteroatoms. The molecule has 2 aliphatic rings. The maximum absolute atomic E-state index is 14.5. The summed E-state index contributed by atoms with van der Waals surface area (Å²) in [6.45, 7) is 0.514. The number of guanidine groups is 1. The summed E-state index contributed by atoms with van der Waals surface area (Å²) in [5.41, 5.74) is 25.3. The van der Waals surface area contributed by atoms with Gasteiger partial charge < -0.3 is 59.2 Å². The van der Waals surface area contributed by atoms with Crippen LogP contribution < -0.4 is 44.2 Å². The summed E-state index contributed by atoms with van der Waals surface area (Å²) in [7, 11) is 0. The number of carbonyl (C=O) groups excluding carboxylic acids is 5. The molecule has 0 bridgehead atoms. The van der Waals surface area contributed by atoms with Crippen LogP contribution in [0.25, 0.3) is 10.9 Å². The van der Waals surface area contributed by atoms with E-state index < -0.39 is 71.8 Å². The highest BCUT2D eigenvalue weighted by Crippen LogP contribution is 2.28. The number of aliphatic carboxylic acids is 1. The number of carboxylic acid groups (broad SMARTS) is 1. The van der Waals surface area contributed by atoms with Crippen LogP contribution in [-0.4, -0.2) is 112 Å². The van der Waals surface area contributed by atoms with E-state index in [1.54, 1.807) is 6.20 Å². The molecule has 5 amide bonds. The average molecular weight is 858 g/mol. The van der Waals surface area contributed by atoms with Crippen molar-refractivity contribution in [2.24, 2.45) is 33.8 Å². The van der Waals surface area contributed by atoms with Crippen LogP contribution >= 0.6 is 0 Å². The van der Waals surface area contributed by atoms with E-state index in [0.29, 0.717) is 24.8 Å².